The van der Waals surface area contributed by atoms with Crippen molar-refractivity contribution in [1.82, 2.24) is 14.8 Å². The summed E-state index contributed by atoms with van der Waals surface area (Å²) in [6.45, 7) is 3.10. The molecule has 0 aromatic carbocycles. The predicted molar refractivity (Wildman–Crippen MR) is 63.2 cm³/mol. The van der Waals surface area contributed by atoms with Crippen molar-refractivity contribution >= 4 is 11.6 Å². The minimum atomic E-state index is 0.510. The van der Waals surface area contributed by atoms with Crippen LogP contribution in [0.4, 0.5) is 0 Å². The van der Waals surface area contributed by atoms with E-state index >= 15 is 0 Å². The summed E-state index contributed by atoms with van der Waals surface area (Å²) >= 11 is 6.03. The van der Waals surface area contributed by atoms with Crippen LogP contribution in [-0.2, 0) is 13.1 Å². The fourth-order valence-corrected chi connectivity index (χ4v) is 1.73. The minimum absolute atomic E-state index is 0.510. The van der Waals surface area contributed by atoms with Gasteiger partial charge in [-0.3, -0.25) is 9.67 Å². The zero-order valence-corrected chi connectivity index (χ0v) is 9.78. The molecule has 4 nitrogen and oxygen atoms in total. The van der Waals surface area contributed by atoms with Crippen LogP contribution >= 0.6 is 11.6 Å². The summed E-state index contributed by atoms with van der Waals surface area (Å²) in [7, 11) is 0. The average molecular weight is 237 g/mol. The highest BCUT2D eigenvalue weighted by atomic mass is 35.5. The van der Waals surface area contributed by atoms with Gasteiger partial charge in [0.25, 0.3) is 0 Å². The van der Waals surface area contributed by atoms with E-state index in [0.29, 0.717) is 18.1 Å². The second kappa shape index (κ2) is 4.63. The number of pyridine rings is 1. The zero-order chi connectivity index (χ0) is 11.5. The Balaban J connectivity index is 2.24. The highest BCUT2D eigenvalue weighted by molar-refractivity contribution is 6.31. The molecule has 0 fully saturated rings. The summed E-state index contributed by atoms with van der Waals surface area (Å²) in [4.78, 5) is 3.94. The SMILES string of the molecule is Cc1nn(Cc2ccncc2Cl)cc1CN. The first-order valence-corrected chi connectivity index (χ1v) is 5.40. The van der Waals surface area contributed by atoms with Crippen LogP contribution in [0.2, 0.25) is 5.02 Å². The Hall–Kier alpha value is -1.39. The number of aryl methyl sites for hydroxylation is 1. The molecular weight excluding hydrogens is 224 g/mol. The van der Waals surface area contributed by atoms with Gasteiger partial charge in [-0.1, -0.05) is 11.6 Å². The molecule has 16 heavy (non-hydrogen) atoms. The molecule has 0 spiro atoms. The Labute approximate surface area is 99.1 Å². The van der Waals surface area contributed by atoms with Gasteiger partial charge in [-0.15, -0.1) is 0 Å². The predicted octanol–water partition coefficient (Wildman–Crippen LogP) is 1.75. The van der Waals surface area contributed by atoms with Gasteiger partial charge in [-0.25, -0.2) is 0 Å². The fourth-order valence-electron chi connectivity index (χ4n) is 1.55. The summed E-state index contributed by atoms with van der Waals surface area (Å²) < 4.78 is 1.85. The molecular formula is C11H13ClN4. The molecule has 2 N–H and O–H groups in total. The summed E-state index contributed by atoms with van der Waals surface area (Å²) in [6, 6.07) is 1.89. The van der Waals surface area contributed by atoms with Gasteiger partial charge in [-0.05, 0) is 18.6 Å². The molecule has 0 aliphatic heterocycles. The van der Waals surface area contributed by atoms with Crippen molar-refractivity contribution in [2.75, 3.05) is 0 Å². The lowest BCUT2D eigenvalue weighted by atomic mass is 10.2. The van der Waals surface area contributed by atoms with E-state index in [2.05, 4.69) is 10.1 Å². The number of nitrogens with zero attached hydrogens (tertiary/aromatic N) is 3. The van der Waals surface area contributed by atoms with Gasteiger partial charge < -0.3 is 5.73 Å². The molecule has 0 atom stereocenters. The van der Waals surface area contributed by atoms with Crippen LogP contribution in [0.3, 0.4) is 0 Å². The number of aromatic nitrogens is 3. The van der Waals surface area contributed by atoms with Crippen LogP contribution < -0.4 is 5.73 Å². The van der Waals surface area contributed by atoms with Crippen molar-refractivity contribution in [2.24, 2.45) is 5.73 Å². The second-order valence-electron chi connectivity index (χ2n) is 3.61. The first-order valence-electron chi connectivity index (χ1n) is 5.02. The monoisotopic (exact) mass is 236 g/mol. The molecule has 0 unspecified atom stereocenters. The molecule has 2 aromatic heterocycles. The maximum atomic E-state index is 6.03. The van der Waals surface area contributed by atoms with Gasteiger partial charge in [0.15, 0.2) is 0 Å². The maximum absolute atomic E-state index is 6.03. The van der Waals surface area contributed by atoms with Gasteiger partial charge in [0, 0.05) is 30.7 Å². The molecule has 2 heterocycles. The molecule has 0 amide bonds. The van der Waals surface area contributed by atoms with Gasteiger partial charge in [0.05, 0.1) is 17.3 Å². The van der Waals surface area contributed by atoms with E-state index in [9.17, 15) is 0 Å². The number of nitrogens with two attached hydrogens (primary N) is 1. The van der Waals surface area contributed by atoms with E-state index in [0.717, 1.165) is 16.8 Å². The van der Waals surface area contributed by atoms with E-state index in [-0.39, 0.29) is 0 Å². The van der Waals surface area contributed by atoms with Crippen molar-refractivity contribution in [2.45, 2.75) is 20.0 Å². The molecule has 2 aromatic rings. The number of hydrogen-bond donors (Lipinski definition) is 1. The van der Waals surface area contributed by atoms with Gasteiger partial charge in [0.1, 0.15) is 0 Å². The highest BCUT2D eigenvalue weighted by Gasteiger charge is 2.05. The standard InChI is InChI=1S/C11H13ClN4/c1-8-10(4-13)7-16(15-8)6-9-2-3-14-5-11(9)12/h2-3,5,7H,4,6,13H2,1H3. The molecule has 0 aliphatic rings. The highest BCUT2D eigenvalue weighted by Crippen LogP contribution is 2.15. The topological polar surface area (TPSA) is 56.7 Å². The van der Waals surface area contributed by atoms with Crippen molar-refractivity contribution in [3.8, 4) is 0 Å². The summed E-state index contributed by atoms with van der Waals surface area (Å²) in [5, 5.41) is 5.03. The quantitative estimate of drug-likeness (QED) is 0.883. The Bertz CT molecular complexity index is 492. The van der Waals surface area contributed by atoms with Crippen LogP contribution in [0.1, 0.15) is 16.8 Å². The fraction of sp³-hybridized carbons (Fsp3) is 0.273. The van der Waals surface area contributed by atoms with Crippen molar-refractivity contribution in [1.29, 1.82) is 0 Å². The molecule has 0 aliphatic carbocycles. The van der Waals surface area contributed by atoms with Gasteiger partial charge >= 0.3 is 0 Å². The summed E-state index contributed by atoms with van der Waals surface area (Å²) in [5.74, 6) is 0. The smallest absolute Gasteiger partial charge is 0.0675 e. The average Bonchev–Trinajstić information content (AvgIpc) is 2.62. The number of rotatable bonds is 3. The first kappa shape index (κ1) is 11.1. The van der Waals surface area contributed by atoms with E-state index < -0.39 is 0 Å². The Morgan fingerprint density at radius 1 is 1.44 bits per heavy atom. The largest absolute Gasteiger partial charge is 0.326 e. The molecule has 0 saturated carbocycles. The molecule has 5 heteroatoms. The summed E-state index contributed by atoms with van der Waals surface area (Å²) in [6.07, 6.45) is 5.31. The normalized spacial score (nSPS) is 10.7. The van der Waals surface area contributed by atoms with Crippen LogP contribution in [0.5, 0.6) is 0 Å². The van der Waals surface area contributed by atoms with E-state index in [4.69, 9.17) is 17.3 Å². The Morgan fingerprint density at radius 2 is 2.25 bits per heavy atom. The van der Waals surface area contributed by atoms with Crippen LogP contribution in [0.15, 0.2) is 24.7 Å². The third-order valence-electron chi connectivity index (χ3n) is 2.46. The number of hydrogen-bond acceptors (Lipinski definition) is 3. The molecule has 2 rings (SSSR count). The third-order valence-corrected chi connectivity index (χ3v) is 2.80. The maximum Gasteiger partial charge on any atom is 0.0675 e. The summed E-state index contributed by atoms with van der Waals surface area (Å²) in [5.41, 5.74) is 8.63. The first-order chi connectivity index (χ1) is 7.70. The van der Waals surface area contributed by atoms with Crippen LogP contribution in [0.25, 0.3) is 0 Å². The van der Waals surface area contributed by atoms with Gasteiger partial charge in [0.2, 0.25) is 0 Å². The minimum Gasteiger partial charge on any atom is -0.326 e. The third kappa shape index (κ3) is 2.23. The van der Waals surface area contributed by atoms with Crippen molar-refractivity contribution < 1.29 is 0 Å². The van der Waals surface area contributed by atoms with Crippen molar-refractivity contribution in [3.05, 3.63) is 46.5 Å². The zero-order valence-electron chi connectivity index (χ0n) is 9.02. The molecule has 0 bridgehead atoms. The second-order valence-corrected chi connectivity index (χ2v) is 4.02. The van der Waals surface area contributed by atoms with E-state index in [1.165, 1.54) is 0 Å². The van der Waals surface area contributed by atoms with Crippen LogP contribution in [0, 0.1) is 6.92 Å². The lowest BCUT2D eigenvalue weighted by molar-refractivity contribution is 0.678. The van der Waals surface area contributed by atoms with E-state index in [1.54, 1.807) is 12.4 Å². The van der Waals surface area contributed by atoms with Crippen LogP contribution in [-0.4, -0.2) is 14.8 Å². The number of halogens is 1. The van der Waals surface area contributed by atoms with E-state index in [1.807, 2.05) is 23.9 Å². The lowest BCUT2D eigenvalue weighted by Gasteiger charge is -2.03. The lowest BCUT2D eigenvalue weighted by Crippen LogP contribution is -2.01. The Kier molecular flexibility index (Phi) is 3.22. The Morgan fingerprint density at radius 3 is 2.88 bits per heavy atom. The molecule has 0 saturated heterocycles. The molecule has 0 radical (unpaired) electrons. The van der Waals surface area contributed by atoms with Gasteiger partial charge in [-0.2, -0.15) is 5.10 Å². The van der Waals surface area contributed by atoms with Crippen molar-refractivity contribution in [3.63, 3.8) is 0 Å². The molecule has 84 valence electrons.